The third-order valence-electron chi connectivity index (χ3n) is 3.63. The third-order valence-corrected chi connectivity index (χ3v) is 5.03. The number of rotatable bonds is 5. The van der Waals surface area contributed by atoms with Crippen LogP contribution in [0.4, 0.5) is 0 Å². The Morgan fingerprint density at radius 1 is 1.42 bits per heavy atom. The zero-order valence-electron chi connectivity index (χ0n) is 13.4. The largest absolute Gasteiger partial charge is 0.392 e. The van der Waals surface area contributed by atoms with Gasteiger partial charge in [-0.1, -0.05) is 23.7 Å². The smallest absolute Gasteiger partial charge is 0.261 e. The Balaban J connectivity index is 1.87. The van der Waals surface area contributed by atoms with Gasteiger partial charge in [0.25, 0.3) is 5.91 Å². The number of hydrogen-bond acceptors (Lipinski definition) is 4. The Morgan fingerprint density at radius 2 is 2.12 bits per heavy atom. The number of halogens is 1. The molecule has 126 valence electrons. The number of carbonyl (C=O) groups is 1. The maximum Gasteiger partial charge on any atom is 0.261 e. The van der Waals surface area contributed by atoms with E-state index in [9.17, 15) is 9.90 Å². The minimum absolute atomic E-state index is 0.172. The molecule has 1 amide bonds. The van der Waals surface area contributed by atoms with Crippen LogP contribution in [-0.4, -0.2) is 33.4 Å². The minimum Gasteiger partial charge on any atom is -0.392 e. The first kappa shape index (κ1) is 17.0. The normalized spacial score (nSPS) is 12.5. The Kier molecular flexibility index (Phi) is 4.89. The standard InChI is InChI=1S/C17H18ClN3O2S/c1-10(22)8-19-16(23)15-7-14-11(2)20-21(17(14)24-15)9-12-3-5-13(18)6-4-12/h3-7,10,22H,8-9H2,1-2H3,(H,19,23). The molecule has 0 saturated heterocycles. The number of nitrogens with one attached hydrogen (secondary N) is 1. The molecule has 0 radical (unpaired) electrons. The molecule has 1 aromatic carbocycles. The average Bonchev–Trinajstić information content (AvgIpc) is 3.09. The van der Waals surface area contributed by atoms with E-state index in [0.29, 0.717) is 16.4 Å². The van der Waals surface area contributed by atoms with Gasteiger partial charge in [0.2, 0.25) is 0 Å². The van der Waals surface area contributed by atoms with Gasteiger partial charge in [-0.3, -0.25) is 9.48 Å². The van der Waals surface area contributed by atoms with Crippen molar-refractivity contribution in [3.8, 4) is 0 Å². The van der Waals surface area contributed by atoms with Gasteiger partial charge in [0.1, 0.15) is 4.83 Å². The SMILES string of the molecule is Cc1nn(Cc2ccc(Cl)cc2)c2sc(C(=O)NCC(C)O)cc12. The lowest BCUT2D eigenvalue weighted by Crippen LogP contribution is -2.29. The number of amides is 1. The van der Waals surface area contributed by atoms with E-state index >= 15 is 0 Å². The predicted octanol–water partition coefficient (Wildman–Crippen LogP) is 3.22. The van der Waals surface area contributed by atoms with E-state index in [-0.39, 0.29) is 12.5 Å². The van der Waals surface area contributed by atoms with Gasteiger partial charge in [-0.05, 0) is 37.6 Å². The van der Waals surface area contributed by atoms with Crippen molar-refractivity contribution >= 4 is 39.1 Å². The summed E-state index contributed by atoms with van der Waals surface area (Å²) in [5.41, 5.74) is 1.99. The highest BCUT2D eigenvalue weighted by atomic mass is 35.5. The molecule has 0 aliphatic rings. The molecule has 2 heterocycles. The maximum atomic E-state index is 12.2. The van der Waals surface area contributed by atoms with E-state index in [0.717, 1.165) is 21.5 Å². The van der Waals surface area contributed by atoms with Crippen molar-refractivity contribution in [2.45, 2.75) is 26.5 Å². The van der Waals surface area contributed by atoms with Crippen molar-refractivity contribution in [3.05, 3.63) is 51.5 Å². The van der Waals surface area contributed by atoms with Crippen molar-refractivity contribution in [1.29, 1.82) is 0 Å². The number of hydrogen-bond donors (Lipinski definition) is 2. The number of aryl methyl sites for hydroxylation is 1. The number of carbonyl (C=O) groups excluding carboxylic acids is 1. The monoisotopic (exact) mass is 363 g/mol. The first-order chi connectivity index (χ1) is 11.4. The Labute approximate surface area is 148 Å². The summed E-state index contributed by atoms with van der Waals surface area (Å²) < 4.78 is 1.91. The van der Waals surface area contributed by atoms with Crippen LogP contribution in [0.1, 0.15) is 27.9 Å². The Morgan fingerprint density at radius 3 is 2.79 bits per heavy atom. The fraction of sp³-hybridized carbons (Fsp3) is 0.294. The second-order valence-electron chi connectivity index (χ2n) is 5.76. The van der Waals surface area contributed by atoms with Crippen LogP contribution in [0.3, 0.4) is 0 Å². The number of aromatic nitrogens is 2. The average molecular weight is 364 g/mol. The molecule has 3 rings (SSSR count). The van der Waals surface area contributed by atoms with E-state index in [1.807, 2.05) is 41.9 Å². The summed E-state index contributed by atoms with van der Waals surface area (Å²) in [7, 11) is 0. The lowest BCUT2D eigenvalue weighted by Gasteiger charge is -2.05. The van der Waals surface area contributed by atoms with Crippen molar-refractivity contribution in [2.75, 3.05) is 6.54 Å². The molecular formula is C17H18ClN3O2S. The van der Waals surface area contributed by atoms with Crippen LogP contribution in [0.2, 0.25) is 5.02 Å². The first-order valence-corrected chi connectivity index (χ1v) is 8.81. The van der Waals surface area contributed by atoms with E-state index in [1.165, 1.54) is 11.3 Å². The molecule has 0 aliphatic carbocycles. The zero-order valence-corrected chi connectivity index (χ0v) is 15.0. The molecule has 0 aliphatic heterocycles. The summed E-state index contributed by atoms with van der Waals surface area (Å²) in [5.74, 6) is -0.172. The van der Waals surface area contributed by atoms with E-state index < -0.39 is 6.10 Å². The summed E-state index contributed by atoms with van der Waals surface area (Å²) in [5, 5.41) is 18.3. The molecular weight excluding hydrogens is 346 g/mol. The highest BCUT2D eigenvalue weighted by molar-refractivity contribution is 7.20. The summed E-state index contributed by atoms with van der Waals surface area (Å²) >= 11 is 7.33. The molecule has 1 unspecified atom stereocenters. The van der Waals surface area contributed by atoms with Crippen LogP contribution in [0.5, 0.6) is 0 Å². The molecule has 5 nitrogen and oxygen atoms in total. The lowest BCUT2D eigenvalue weighted by molar-refractivity contribution is 0.0928. The van der Waals surface area contributed by atoms with E-state index in [2.05, 4.69) is 10.4 Å². The molecule has 0 saturated carbocycles. The van der Waals surface area contributed by atoms with Gasteiger partial charge in [-0.2, -0.15) is 5.10 Å². The predicted molar refractivity (Wildman–Crippen MR) is 96.9 cm³/mol. The number of benzene rings is 1. The molecule has 0 spiro atoms. The summed E-state index contributed by atoms with van der Waals surface area (Å²) in [4.78, 5) is 13.8. The molecule has 0 fully saturated rings. The van der Waals surface area contributed by atoms with Gasteiger partial charge in [0.15, 0.2) is 0 Å². The molecule has 24 heavy (non-hydrogen) atoms. The van der Waals surface area contributed by atoms with Crippen molar-refractivity contribution in [1.82, 2.24) is 15.1 Å². The number of fused-ring (bicyclic) bond motifs is 1. The molecule has 1 atom stereocenters. The van der Waals surface area contributed by atoms with Crippen LogP contribution in [0, 0.1) is 6.92 Å². The van der Waals surface area contributed by atoms with Crippen LogP contribution in [0.25, 0.3) is 10.2 Å². The van der Waals surface area contributed by atoms with E-state index in [4.69, 9.17) is 11.6 Å². The number of nitrogens with zero attached hydrogens (tertiary/aromatic N) is 2. The number of aliphatic hydroxyl groups is 1. The molecule has 2 N–H and O–H groups in total. The van der Waals surface area contributed by atoms with Gasteiger partial charge >= 0.3 is 0 Å². The number of aliphatic hydroxyl groups excluding tert-OH is 1. The third kappa shape index (κ3) is 3.61. The Bertz CT molecular complexity index is 868. The van der Waals surface area contributed by atoms with Crippen molar-refractivity contribution in [2.24, 2.45) is 0 Å². The summed E-state index contributed by atoms with van der Waals surface area (Å²) in [6.07, 6.45) is -0.564. The van der Waals surface area contributed by atoms with Crippen LogP contribution in [-0.2, 0) is 6.54 Å². The van der Waals surface area contributed by atoms with Crippen LogP contribution >= 0.6 is 22.9 Å². The molecule has 0 bridgehead atoms. The second kappa shape index (κ2) is 6.93. The lowest BCUT2D eigenvalue weighted by atomic mass is 10.2. The number of thiophene rings is 1. The van der Waals surface area contributed by atoms with Crippen LogP contribution in [0.15, 0.2) is 30.3 Å². The van der Waals surface area contributed by atoms with Gasteiger partial charge < -0.3 is 10.4 Å². The van der Waals surface area contributed by atoms with Crippen molar-refractivity contribution in [3.63, 3.8) is 0 Å². The first-order valence-electron chi connectivity index (χ1n) is 7.61. The minimum atomic E-state index is -0.564. The molecule has 3 aromatic rings. The topological polar surface area (TPSA) is 67.2 Å². The van der Waals surface area contributed by atoms with Gasteiger partial charge in [0.05, 0.1) is 23.2 Å². The molecule has 7 heteroatoms. The van der Waals surface area contributed by atoms with Gasteiger partial charge in [-0.15, -0.1) is 11.3 Å². The maximum absolute atomic E-state index is 12.2. The fourth-order valence-corrected chi connectivity index (χ4v) is 3.63. The van der Waals surface area contributed by atoms with Crippen molar-refractivity contribution < 1.29 is 9.90 Å². The highest BCUT2D eigenvalue weighted by Gasteiger charge is 2.16. The second-order valence-corrected chi connectivity index (χ2v) is 7.23. The van der Waals surface area contributed by atoms with Gasteiger partial charge in [0, 0.05) is 17.0 Å². The Hall–Kier alpha value is -1.89. The summed E-state index contributed by atoms with van der Waals surface area (Å²) in [6.45, 7) is 4.43. The van der Waals surface area contributed by atoms with E-state index in [1.54, 1.807) is 6.92 Å². The quantitative estimate of drug-likeness (QED) is 0.731. The zero-order chi connectivity index (χ0) is 17.3. The van der Waals surface area contributed by atoms with Gasteiger partial charge in [-0.25, -0.2) is 0 Å². The van der Waals surface area contributed by atoms with Crippen LogP contribution < -0.4 is 5.32 Å². The highest BCUT2D eigenvalue weighted by Crippen LogP contribution is 2.29. The fourth-order valence-electron chi connectivity index (χ4n) is 2.42. The summed E-state index contributed by atoms with van der Waals surface area (Å²) in [6, 6.07) is 9.50. The molecule has 2 aromatic heterocycles.